The Kier molecular flexibility index (Phi) is 4.36. The Balaban J connectivity index is 2.60. The van der Waals surface area contributed by atoms with Crippen LogP contribution >= 0.6 is 0 Å². The maximum Gasteiger partial charge on any atom is 0.410 e. The van der Waals surface area contributed by atoms with E-state index in [9.17, 15) is 9.59 Å². The standard InChI is InChI=1S/C9H17N3O3/c1-15-9(14)12(6-8(10)13)7-3-2-4-11-5-7/h7,11H,2-6H2,1H3,(H2,10,13). The van der Waals surface area contributed by atoms with Crippen LogP contribution in [0.25, 0.3) is 0 Å². The van der Waals surface area contributed by atoms with Gasteiger partial charge in [0.05, 0.1) is 7.11 Å². The monoisotopic (exact) mass is 215 g/mol. The van der Waals surface area contributed by atoms with Gasteiger partial charge < -0.3 is 15.8 Å². The Hall–Kier alpha value is -1.30. The van der Waals surface area contributed by atoms with Gasteiger partial charge in [-0.05, 0) is 19.4 Å². The van der Waals surface area contributed by atoms with Crippen LogP contribution in [0.5, 0.6) is 0 Å². The molecule has 0 aliphatic carbocycles. The quantitative estimate of drug-likeness (QED) is 0.651. The van der Waals surface area contributed by atoms with Crippen LogP contribution < -0.4 is 11.1 Å². The van der Waals surface area contributed by atoms with Crippen LogP contribution in [0.15, 0.2) is 0 Å². The molecule has 0 bridgehead atoms. The van der Waals surface area contributed by atoms with Gasteiger partial charge in [0.15, 0.2) is 0 Å². The number of hydrogen-bond donors (Lipinski definition) is 2. The molecule has 86 valence electrons. The largest absolute Gasteiger partial charge is 0.453 e. The average Bonchev–Trinajstić information content (AvgIpc) is 2.26. The number of nitrogens with one attached hydrogen (secondary N) is 1. The smallest absolute Gasteiger partial charge is 0.410 e. The predicted molar refractivity (Wildman–Crippen MR) is 54.2 cm³/mol. The van der Waals surface area contributed by atoms with Crippen molar-refractivity contribution < 1.29 is 14.3 Å². The zero-order valence-corrected chi connectivity index (χ0v) is 8.86. The second-order valence-electron chi connectivity index (χ2n) is 3.56. The first-order valence-corrected chi connectivity index (χ1v) is 4.98. The molecule has 1 aliphatic rings. The number of methoxy groups -OCH3 is 1. The lowest BCUT2D eigenvalue weighted by Gasteiger charge is -2.32. The molecule has 1 fully saturated rings. The first-order chi connectivity index (χ1) is 7.15. The van der Waals surface area contributed by atoms with Crippen LogP contribution in [-0.4, -0.2) is 49.7 Å². The van der Waals surface area contributed by atoms with Gasteiger partial charge in [0.1, 0.15) is 6.54 Å². The number of nitrogens with two attached hydrogens (primary N) is 1. The van der Waals surface area contributed by atoms with Gasteiger partial charge in [-0.15, -0.1) is 0 Å². The highest BCUT2D eigenvalue weighted by Gasteiger charge is 2.26. The summed E-state index contributed by atoms with van der Waals surface area (Å²) in [4.78, 5) is 23.6. The highest BCUT2D eigenvalue weighted by atomic mass is 16.5. The topological polar surface area (TPSA) is 84.7 Å². The highest BCUT2D eigenvalue weighted by molar-refractivity contribution is 5.80. The minimum absolute atomic E-state index is 0.00120. The van der Waals surface area contributed by atoms with E-state index >= 15 is 0 Å². The predicted octanol–water partition coefficient (Wildman–Crippen LogP) is -0.708. The molecule has 0 radical (unpaired) electrons. The maximum atomic E-state index is 11.4. The third-order valence-electron chi connectivity index (χ3n) is 2.45. The number of amides is 2. The summed E-state index contributed by atoms with van der Waals surface area (Å²) in [6.07, 6.45) is 1.36. The van der Waals surface area contributed by atoms with E-state index in [1.165, 1.54) is 12.0 Å². The second kappa shape index (κ2) is 5.55. The van der Waals surface area contributed by atoms with Gasteiger partial charge in [-0.2, -0.15) is 0 Å². The Labute approximate surface area is 88.7 Å². The fraction of sp³-hybridized carbons (Fsp3) is 0.778. The van der Waals surface area contributed by atoms with Crippen LogP contribution in [-0.2, 0) is 9.53 Å². The van der Waals surface area contributed by atoms with Crippen LogP contribution in [0, 0.1) is 0 Å². The minimum Gasteiger partial charge on any atom is -0.453 e. The summed E-state index contributed by atoms with van der Waals surface area (Å²) in [5, 5.41) is 3.17. The summed E-state index contributed by atoms with van der Waals surface area (Å²) in [7, 11) is 1.30. The fourth-order valence-corrected chi connectivity index (χ4v) is 1.73. The zero-order valence-electron chi connectivity index (χ0n) is 8.86. The molecule has 15 heavy (non-hydrogen) atoms. The maximum absolute atomic E-state index is 11.4. The van der Waals surface area contributed by atoms with E-state index in [1.807, 2.05) is 0 Å². The molecule has 0 aromatic rings. The lowest BCUT2D eigenvalue weighted by molar-refractivity contribution is -0.119. The molecule has 3 N–H and O–H groups in total. The molecular formula is C9H17N3O3. The van der Waals surface area contributed by atoms with E-state index in [-0.39, 0.29) is 12.6 Å². The third kappa shape index (κ3) is 3.39. The molecule has 0 aromatic carbocycles. The number of carbonyl (C=O) groups excluding carboxylic acids is 2. The summed E-state index contributed by atoms with van der Waals surface area (Å²) in [6.45, 7) is 1.55. The highest BCUT2D eigenvalue weighted by Crippen LogP contribution is 2.11. The number of hydrogen-bond acceptors (Lipinski definition) is 4. The van der Waals surface area contributed by atoms with E-state index in [4.69, 9.17) is 5.73 Å². The van der Waals surface area contributed by atoms with E-state index in [0.717, 1.165) is 19.4 Å². The van der Waals surface area contributed by atoms with Crippen molar-refractivity contribution in [2.24, 2.45) is 5.73 Å². The Morgan fingerprint density at radius 2 is 2.33 bits per heavy atom. The van der Waals surface area contributed by atoms with Gasteiger partial charge in [0.2, 0.25) is 5.91 Å². The van der Waals surface area contributed by atoms with Gasteiger partial charge >= 0.3 is 6.09 Å². The van der Waals surface area contributed by atoms with Gasteiger partial charge in [-0.3, -0.25) is 9.69 Å². The molecule has 1 unspecified atom stereocenters. The molecule has 1 rings (SSSR count). The molecule has 1 heterocycles. The molecule has 1 saturated heterocycles. The van der Waals surface area contributed by atoms with Crippen LogP contribution in [0.1, 0.15) is 12.8 Å². The zero-order chi connectivity index (χ0) is 11.3. The third-order valence-corrected chi connectivity index (χ3v) is 2.45. The SMILES string of the molecule is COC(=O)N(CC(N)=O)C1CCCNC1. The number of piperidine rings is 1. The minimum atomic E-state index is -0.522. The van der Waals surface area contributed by atoms with E-state index in [0.29, 0.717) is 6.54 Å². The van der Waals surface area contributed by atoms with Crippen LogP contribution in [0.4, 0.5) is 4.79 Å². The van der Waals surface area contributed by atoms with Crippen molar-refractivity contribution >= 4 is 12.0 Å². The second-order valence-corrected chi connectivity index (χ2v) is 3.56. The summed E-state index contributed by atoms with van der Waals surface area (Å²) in [5.74, 6) is -0.522. The number of rotatable bonds is 3. The molecule has 0 saturated carbocycles. The lowest BCUT2D eigenvalue weighted by Crippen LogP contribution is -2.51. The molecule has 6 heteroatoms. The normalized spacial score (nSPS) is 20.7. The number of nitrogens with zero attached hydrogens (tertiary/aromatic N) is 1. The summed E-state index contributed by atoms with van der Waals surface area (Å²) >= 11 is 0. The summed E-state index contributed by atoms with van der Waals surface area (Å²) < 4.78 is 4.62. The van der Waals surface area contributed by atoms with Gasteiger partial charge in [0, 0.05) is 12.6 Å². The number of primary amides is 1. The molecule has 0 aromatic heterocycles. The molecule has 6 nitrogen and oxygen atoms in total. The van der Waals surface area contributed by atoms with Crippen molar-refractivity contribution in [3.63, 3.8) is 0 Å². The van der Waals surface area contributed by atoms with Crippen molar-refractivity contribution in [3.05, 3.63) is 0 Å². The van der Waals surface area contributed by atoms with Crippen molar-refractivity contribution in [2.45, 2.75) is 18.9 Å². The Morgan fingerprint density at radius 3 is 2.80 bits per heavy atom. The van der Waals surface area contributed by atoms with E-state index in [1.54, 1.807) is 0 Å². The Morgan fingerprint density at radius 1 is 1.60 bits per heavy atom. The lowest BCUT2D eigenvalue weighted by atomic mass is 10.1. The first-order valence-electron chi connectivity index (χ1n) is 4.98. The summed E-state index contributed by atoms with van der Waals surface area (Å²) in [6, 6.07) is -0.00120. The molecule has 0 spiro atoms. The fourth-order valence-electron chi connectivity index (χ4n) is 1.73. The molecule has 1 aliphatic heterocycles. The van der Waals surface area contributed by atoms with Crippen molar-refractivity contribution in [1.82, 2.24) is 10.2 Å². The van der Waals surface area contributed by atoms with Crippen molar-refractivity contribution in [2.75, 3.05) is 26.7 Å². The molecule has 2 amide bonds. The van der Waals surface area contributed by atoms with Gasteiger partial charge in [0.25, 0.3) is 0 Å². The van der Waals surface area contributed by atoms with Crippen LogP contribution in [0.3, 0.4) is 0 Å². The number of ether oxygens (including phenoxy) is 1. The molecular weight excluding hydrogens is 198 g/mol. The first kappa shape index (κ1) is 11.8. The van der Waals surface area contributed by atoms with E-state index in [2.05, 4.69) is 10.1 Å². The van der Waals surface area contributed by atoms with Gasteiger partial charge in [-0.1, -0.05) is 0 Å². The van der Waals surface area contributed by atoms with Crippen molar-refractivity contribution in [3.8, 4) is 0 Å². The Bertz CT molecular complexity index is 239. The van der Waals surface area contributed by atoms with Crippen molar-refractivity contribution in [1.29, 1.82) is 0 Å². The molecule has 1 atom stereocenters. The average molecular weight is 215 g/mol. The summed E-state index contributed by atoms with van der Waals surface area (Å²) in [5.41, 5.74) is 5.08. The number of carbonyl (C=O) groups is 2. The van der Waals surface area contributed by atoms with Gasteiger partial charge in [-0.25, -0.2) is 4.79 Å². The van der Waals surface area contributed by atoms with E-state index < -0.39 is 12.0 Å². The van der Waals surface area contributed by atoms with Crippen LogP contribution in [0.2, 0.25) is 0 Å².